The Morgan fingerprint density at radius 3 is 2.33 bits per heavy atom. The highest BCUT2D eigenvalue weighted by molar-refractivity contribution is 14.1. The van der Waals surface area contributed by atoms with Gasteiger partial charge in [0, 0.05) is 23.2 Å². The van der Waals surface area contributed by atoms with Crippen LogP contribution in [-0.2, 0) is 6.54 Å². The summed E-state index contributed by atoms with van der Waals surface area (Å²) < 4.78 is 1.29. The van der Waals surface area contributed by atoms with Crippen molar-refractivity contribution in [2.45, 2.75) is 19.9 Å². The zero-order chi connectivity index (χ0) is 10.9. The smallest absolute Gasteiger partial charge is 0.0206 e. The van der Waals surface area contributed by atoms with E-state index in [1.807, 2.05) is 0 Å². The summed E-state index contributed by atoms with van der Waals surface area (Å²) in [5, 5.41) is 6.78. The minimum atomic E-state index is 0.963. The Hall–Kier alpha value is -0.130. The SMILES string of the molecule is CCCNCCNCc1ccc(I)cc1. The van der Waals surface area contributed by atoms with Crippen LogP contribution in [0, 0.1) is 3.57 Å². The molecule has 3 heteroatoms. The molecule has 0 amide bonds. The zero-order valence-electron chi connectivity index (χ0n) is 9.22. The highest BCUT2D eigenvalue weighted by Crippen LogP contribution is 2.05. The number of benzene rings is 1. The second-order valence-corrected chi connectivity index (χ2v) is 4.80. The summed E-state index contributed by atoms with van der Waals surface area (Å²) in [5.74, 6) is 0. The summed E-state index contributed by atoms with van der Waals surface area (Å²) in [4.78, 5) is 0. The van der Waals surface area contributed by atoms with E-state index >= 15 is 0 Å². The maximum absolute atomic E-state index is 3.42. The Kier molecular flexibility index (Phi) is 6.96. The molecule has 0 saturated carbocycles. The van der Waals surface area contributed by atoms with E-state index in [0.717, 1.165) is 26.2 Å². The average Bonchev–Trinajstić information content (AvgIpc) is 2.26. The van der Waals surface area contributed by atoms with Crippen molar-refractivity contribution in [3.8, 4) is 0 Å². The molecule has 0 radical (unpaired) electrons. The minimum absolute atomic E-state index is 0.963. The fourth-order valence-corrected chi connectivity index (χ4v) is 1.67. The number of rotatable bonds is 7. The van der Waals surface area contributed by atoms with Crippen LogP contribution < -0.4 is 10.6 Å². The first-order valence-electron chi connectivity index (χ1n) is 5.49. The summed E-state index contributed by atoms with van der Waals surface area (Å²) in [6.45, 7) is 6.35. The van der Waals surface area contributed by atoms with Crippen molar-refractivity contribution in [3.63, 3.8) is 0 Å². The first-order chi connectivity index (χ1) is 7.33. The van der Waals surface area contributed by atoms with Crippen molar-refractivity contribution < 1.29 is 0 Å². The lowest BCUT2D eigenvalue weighted by atomic mass is 10.2. The van der Waals surface area contributed by atoms with E-state index in [4.69, 9.17) is 0 Å². The molecule has 0 atom stereocenters. The monoisotopic (exact) mass is 318 g/mol. The van der Waals surface area contributed by atoms with Gasteiger partial charge in [-0.1, -0.05) is 19.1 Å². The van der Waals surface area contributed by atoms with Gasteiger partial charge in [0.1, 0.15) is 0 Å². The standard InChI is InChI=1S/C12H19IN2/c1-2-7-14-8-9-15-10-11-3-5-12(13)6-4-11/h3-6,14-15H,2,7-10H2,1H3. The van der Waals surface area contributed by atoms with Gasteiger partial charge in [-0.25, -0.2) is 0 Å². The summed E-state index contributed by atoms with van der Waals surface area (Å²) in [5.41, 5.74) is 1.35. The van der Waals surface area contributed by atoms with Crippen LogP contribution in [0.15, 0.2) is 24.3 Å². The van der Waals surface area contributed by atoms with Crippen molar-refractivity contribution in [1.82, 2.24) is 10.6 Å². The second-order valence-electron chi connectivity index (χ2n) is 3.55. The van der Waals surface area contributed by atoms with Gasteiger partial charge in [0.15, 0.2) is 0 Å². The van der Waals surface area contributed by atoms with Crippen LogP contribution in [0.25, 0.3) is 0 Å². The first-order valence-corrected chi connectivity index (χ1v) is 6.56. The molecule has 0 bridgehead atoms. The van der Waals surface area contributed by atoms with E-state index in [0.29, 0.717) is 0 Å². The van der Waals surface area contributed by atoms with Gasteiger partial charge in [-0.3, -0.25) is 0 Å². The van der Waals surface area contributed by atoms with E-state index < -0.39 is 0 Å². The van der Waals surface area contributed by atoms with Crippen LogP contribution in [0.3, 0.4) is 0 Å². The third kappa shape index (κ3) is 6.12. The van der Waals surface area contributed by atoms with E-state index in [9.17, 15) is 0 Å². The van der Waals surface area contributed by atoms with Gasteiger partial charge >= 0.3 is 0 Å². The molecule has 0 unspecified atom stereocenters. The molecule has 0 fully saturated rings. The molecule has 1 rings (SSSR count). The van der Waals surface area contributed by atoms with E-state index in [-0.39, 0.29) is 0 Å². The summed E-state index contributed by atoms with van der Waals surface area (Å²) in [6.07, 6.45) is 1.21. The van der Waals surface area contributed by atoms with Crippen LogP contribution in [0.2, 0.25) is 0 Å². The average molecular weight is 318 g/mol. The van der Waals surface area contributed by atoms with Gasteiger partial charge in [-0.2, -0.15) is 0 Å². The molecule has 1 aromatic rings. The van der Waals surface area contributed by atoms with Crippen molar-refractivity contribution in [3.05, 3.63) is 33.4 Å². The van der Waals surface area contributed by atoms with Crippen molar-refractivity contribution >= 4 is 22.6 Å². The van der Waals surface area contributed by atoms with Gasteiger partial charge < -0.3 is 10.6 Å². The second kappa shape index (κ2) is 8.07. The summed E-state index contributed by atoms with van der Waals surface area (Å²) in [6, 6.07) is 8.64. The van der Waals surface area contributed by atoms with Gasteiger partial charge in [0.05, 0.1) is 0 Å². The molecule has 0 aliphatic rings. The summed E-state index contributed by atoms with van der Waals surface area (Å²) >= 11 is 2.33. The van der Waals surface area contributed by atoms with Gasteiger partial charge in [-0.05, 0) is 53.3 Å². The predicted octanol–water partition coefficient (Wildman–Crippen LogP) is 2.38. The van der Waals surface area contributed by atoms with Gasteiger partial charge in [-0.15, -0.1) is 0 Å². The molecule has 0 aliphatic heterocycles. The fourth-order valence-electron chi connectivity index (χ4n) is 1.31. The normalized spacial score (nSPS) is 10.5. The lowest BCUT2D eigenvalue weighted by molar-refractivity contribution is 0.607. The molecule has 0 heterocycles. The Morgan fingerprint density at radius 2 is 1.67 bits per heavy atom. The maximum atomic E-state index is 3.42. The Bertz CT molecular complexity index is 259. The number of hydrogen-bond acceptors (Lipinski definition) is 2. The van der Waals surface area contributed by atoms with E-state index in [2.05, 4.69) is 64.4 Å². The van der Waals surface area contributed by atoms with E-state index in [1.165, 1.54) is 15.6 Å². The van der Waals surface area contributed by atoms with Crippen LogP contribution in [-0.4, -0.2) is 19.6 Å². The first kappa shape index (κ1) is 12.9. The molecule has 84 valence electrons. The van der Waals surface area contributed by atoms with Crippen molar-refractivity contribution in [2.24, 2.45) is 0 Å². The molecule has 0 spiro atoms. The topological polar surface area (TPSA) is 24.1 Å². The van der Waals surface area contributed by atoms with Crippen LogP contribution in [0.1, 0.15) is 18.9 Å². The van der Waals surface area contributed by atoms with Gasteiger partial charge in [0.2, 0.25) is 0 Å². The molecule has 0 aliphatic carbocycles. The highest BCUT2D eigenvalue weighted by Gasteiger charge is 1.92. The highest BCUT2D eigenvalue weighted by atomic mass is 127. The van der Waals surface area contributed by atoms with Crippen LogP contribution >= 0.6 is 22.6 Å². The molecular formula is C12H19IN2. The molecular weight excluding hydrogens is 299 g/mol. The van der Waals surface area contributed by atoms with Crippen molar-refractivity contribution in [2.75, 3.05) is 19.6 Å². The molecule has 2 N–H and O–H groups in total. The Morgan fingerprint density at radius 1 is 1.00 bits per heavy atom. The number of hydrogen-bond donors (Lipinski definition) is 2. The van der Waals surface area contributed by atoms with E-state index in [1.54, 1.807) is 0 Å². The summed E-state index contributed by atoms with van der Waals surface area (Å²) in [7, 11) is 0. The Labute approximate surface area is 106 Å². The van der Waals surface area contributed by atoms with Crippen molar-refractivity contribution in [1.29, 1.82) is 0 Å². The quantitative estimate of drug-likeness (QED) is 0.596. The molecule has 2 nitrogen and oxygen atoms in total. The molecule has 0 aromatic heterocycles. The van der Waals surface area contributed by atoms with Crippen LogP contribution in [0.5, 0.6) is 0 Å². The third-order valence-electron chi connectivity index (χ3n) is 2.15. The fraction of sp³-hybridized carbons (Fsp3) is 0.500. The third-order valence-corrected chi connectivity index (χ3v) is 2.87. The zero-order valence-corrected chi connectivity index (χ0v) is 11.4. The Balaban J connectivity index is 2.07. The maximum Gasteiger partial charge on any atom is 0.0206 e. The lowest BCUT2D eigenvalue weighted by Gasteiger charge is -2.05. The number of nitrogens with one attached hydrogen (secondary N) is 2. The number of halogens is 1. The predicted molar refractivity (Wildman–Crippen MR) is 74.0 cm³/mol. The van der Waals surface area contributed by atoms with Gasteiger partial charge in [0.25, 0.3) is 0 Å². The molecule has 0 saturated heterocycles. The van der Waals surface area contributed by atoms with Crippen LogP contribution in [0.4, 0.5) is 0 Å². The molecule has 1 aromatic carbocycles. The lowest BCUT2D eigenvalue weighted by Crippen LogP contribution is -2.27. The largest absolute Gasteiger partial charge is 0.315 e. The minimum Gasteiger partial charge on any atom is -0.315 e. The molecule has 15 heavy (non-hydrogen) atoms.